The van der Waals surface area contributed by atoms with Gasteiger partial charge in [0.05, 0.1) is 35.2 Å². The zero-order valence-electron chi connectivity index (χ0n) is 16.1. The molecule has 10 heteroatoms. The van der Waals surface area contributed by atoms with Crippen molar-refractivity contribution in [1.82, 2.24) is 29.3 Å². The molecule has 2 atom stereocenters. The predicted octanol–water partition coefficient (Wildman–Crippen LogP) is 3.05. The molecule has 0 radical (unpaired) electrons. The normalized spacial score (nSPS) is 18.0. The van der Waals surface area contributed by atoms with Gasteiger partial charge in [0, 0.05) is 25.8 Å². The topological polar surface area (TPSA) is 96.3 Å². The van der Waals surface area contributed by atoms with Crippen molar-refractivity contribution in [2.45, 2.75) is 25.5 Å². The molecule has 2 N–H and O–H groups in total. The van der Waals surface area contributed by atoms with Gasteiger partial charge in [0.25, 0.3) is 0 Å². The van der Waals surface area contributed by atoms with E-state index in [4.69, 9.17) is 16.3 Å². The van der Waals surface area contributed by atoms with E-state index in [0.717, 1.165) is 41.9 Å². The van der Waals surface area contributed by atoms with E-state index in [2.05, 4.69) is 46.5 Å². The molecule has 4 aromatic heterocycles. The van der Waals surface area contributed by atoms with Crippen molar-refractivity contribution < 1.29 is 4.74 Å². The van der Waals surface area contributed by atoms with Gasteiger partial charge < -0.3 is 19.9 Å². The molecule has 2 unspecified atom stereocenters. The van der Waals surface area contributed by atoms with E-state index >= 15 is 0 Å². The number of pyridine rings is 1. The molecule has 29 heavy (non-hydrogen) atoms. The predicted molar refractivity (Wildman–Crippen MR) is 112 cm³/mol. The van der Waals surface area contributed by atoms with Gasteiger partial charge in [-0.05, 0) is 19.4 Å². The van der Waals surface area contributed by atoms with Crippen molar-refractivity contribution in [3.05, 3.63) is 41.8 Å². The average Bonchev–Trinajstić information content (AvgIpc) is 3.47. The first kappa shape index (κ1) is 18.1. The van der Waals surface area contributed by atoms with Gasteiger partial charge in [-0.2, -0.15) is 0 Å². The average molecular weight is 413 g/mol. The highest BCUT2D eigenvalue weighted by atomic mass is 35.5. The second-order valence-corrected chi connectivity index (χ2v) is 7.61. The van der Waals surface area contributed by atoms with Crippen molar-refractivity contribution >= 4 is 39.9 Å². The van der Waals surface area contributed by atoms with E-state index in [1.807, 2.05) is 12.4 Å². The zero-order chi connectivity index (χ0) is 20.0. The Bertz CT molecular complexity index is 1170. The Hall–Kier alpha value is -2.91. The van der Waals surface area contributed by atoms with E-state index in [-0.39, 0.29) is 12.1 Å². The highest BCUT2D eigenvalue weighted by Crippen LogP contribution is 2.36. The summed E-state index contributed by atoms with van der Waals surface area (Å²) in [6.45, 7) is 3.82. The number of halogens is 1. The van der Waals surface area contributed by atoms with E-state index in [9.17, 15) is 0 Å². The number of hydrogen-bond donors (Lipinski definition) is 2. The Morgan fingerprint density at radius 3 is 3.07 bits per heavy atom. The lowest BCUT2D eigenvalue weighted by Crippen LogP contribution is -2.27. The fourth-order valence-corrected chi connectivity index (χ4v) is 4.24. The smallest absolute Gasteiger partial charge is 0.182 e. The zero-order valence-corrected chi connectivity index (χ0v) is 16.9. The number of methoxy groups -OCH3 is 1. The monoisotopic (exact) mass is 412 g/mol. The van der Waals surface area contributed by atoms with Crippen LogP contribution in [-0.2, 0) is 4.74 Å². The fourth-order valence-electron chi connectivity index (χ4n) is 3.98. The summed E-state index contributed by atoms with van der Waals surface area (Å²) in [5.41, 5.74) is 3.34. The van der Waals surface area contributed by atoms with Crippen LogP contribution in [0, 0.1) is 0 Å². The third-order valence-electron chi connectivity index (χ3n) is 5.47. The summed E-state index contributed by atoms with van der Waals surface area (Å²) in [6, 6.07) is 1.94. The summed E-state index contributed by atoms with van der Waals surface area (Å²) in [4.78, 5) is 22.5. The molecule has 0 amide bonds. The number of rotatable bonds is 5. The summed E-state index contributed by atoms with van der Waals surface area (Å²) in [5, 5.41) is 4.15. The third-order valence-corrected chi connectivity index (χ3v) is 5.78. The largest absolute Gasteiger partial charge is 0.380 e. The van der Waals surface area contributed by atoms with E-state index < -0.39 is 0 Å². The van der Waals surface area contributed by atoms with Crippen LogP contribution in [0.4, 0.5) is 11.6 Å². The number of nitrogens with zero attached hydrogens (tertiary/aromatic N) is 6. The molecule has 1 aliphatic heterocycles. The first-order chi connectivity index (χ1) is 14.2. The lowest BCUT2D eigenvalue weighted by molar-refractivity contribution is 0.121. The fraction of sp³-hybridized carbons (Fsp3) is 0.368. The molecule has 0 bridgehead atoms. The van der Waals surface area contributed by atoms with Gasteiger partial charge in [-0.25, -0.2) is 19.9 Å². The molecule has 1 fully saturated rings. The standard InChI is InChI=1S/C19H21ClN8O/c1-11(26-18-16-17(23-8-22-16)24-9-25-18)13-5-14(20)15-6-21-10-28(15)19(13)27-4-3-12(7-27)29-2/h5-6,8-12H,3-4,7H2,1-2H3,(H2,22,23,24,25,26). The van der Waals surface area contributed by atoms with Crippen LogP contribution in [0.15, 0.2) is 31.2 Å². The Labute approximate surface area is 172 Å². The van der Waals surface area contributed by atoms with Crippen LogP contribution in [0.1, 0.15) is 24.9 Å². The number of aromatic nitrogens is 6. The number of imidazole rings is 2. The molecule has 5 heterocycles. The molecular weight excluding hydrogens is 392 g/mol. The summed E-state index contributed by atoms with van der Waals surface area (Å²) in [5.74, 6) is 1.76. The maximum Gasteiger partial charge on any atom is 0.182 e. The highest BCUT2D eigenvalue weighted by Gasteiger charge is 2.28. The van der Waals surface area contributed by atoms with Crippen molar-refractivity contribution in [2.24, 2.45) is 0 Å². The minimum atomic E-state index is -0.0719. The molecule has 150 valence electrons. The summed E-state index contributed by atoms with van der Waals surface area (Å²) < 4.78 is 7.63. The molecule has 0 aliphatic carbocycles. The molecule has 0 spiro atoms. The molecule has 1 aliphatic rings. The first-order valence-electron chi connectivity index (χ1n) is 9.48. The van der Waals surface area contributed by atoms with Gasteiger partial charge in [-0.3, -0.25) is 4.40 Å². The van der Waals surface area contributed by atoms with E-state index in [0.29, 0.717) is 16.5 Å². The van der Waals surface area contributed by atoms with Crippen LogP contribution >= 0.6 is 11.6 Å². The number of hydrogen-bond acceptors (Lipinski definition) is 7. The van der Waals surface area contributed by atoms with Crippen LogP contribution in [0.2, 0.25) is 5.02 Å². The SMILES string of the molecule is COC1CCN(c2c(C(C)Nc3ncnc4nc[nH]c34)cc(Cl)c3cncn23)C1. The Balaban J connectivity index is 1.58. The maximum atomic E-state index is 6.59. The maximum absolute atomic E-state index is 6.59. The molecular formula is C19H21ClN8O. The van der Waals surface area contributed by atoms with Crippen LogP contribution in [-0.4, -0.2) is 55.6 Å². The minimum Gasteiger partial charge on any atom is -0.380 e. The van der Waals surface area contributed by atoms with Crippen LogP contribution in [0.5, 0.6) is 0 Å². The van der Waals surface area contributed by atoms with Crippen LogP contribution in [0.25, 0.3) is 16.7 Å². The first-order valence-corrected chi connectivity index (χ1v) is 9.86. The molecule has 9 nitrogen and oxygen atoms in total. The quantitative estimate of drug-likeness (QED) is 0.520. The Kier molecular flexibility index (Phi) is 4.48. The Morgan fingerprint density at radius 2 is 2.24 bits per heavy atom. The second-order valence-electron chi connectivity index (χ2n) is 7.20. The molecule has 5 rings (SSSR count). The third kappa shape index (κ3) is 3.06. The molecule has 0 aromatic carbocycles. The second kappa shape index (κ2) is 7.16. The number of fused-ring (bicyclic) bond motifs is 2. The summed E-state index contributed by atoms with van der Waals surface area (Å²) >= 11 is 6.59. The lowest BCUT2D eigenvalue weighted by Gasteiger charge is -2.27. The van der Waals surface area contributed by atoms with Crippen LogP contribution in [0.3, 0.4) is 0 Å². The lowest BCUT2D eigenvalue weighted by atomic mass is 10.1. The Morgan fingerprint density at radius 1 is 1.34 bits per heavy atom. The van der Waals surface area contributed by atoms with Crippen molar-refractivity contribution in [3.8, 4) is 0 Å². The van der Waals surface area contributed by atoms with Crippen molar-refractivity contribution in [1.29, 1.82) is 0 Å². The summed E-state index contributed by atoms with van der Waals surface area (Å²) in [7, 11) is 1.76. The van der Waals surface area contributed by atoms with Gasteiger partial charge in [-0.1, -0.05) is 11.6 Å². The van der Waals surface area contributed by atoms with Gasteiger partial charge in [0.15, 0.2) is 11.5 Å². The number of H-pyrrole nitrogens is 1. The van der Waals surface area contributed by atoms with Crippen molar-refractivity contribution in [2.75, 3.05) is 30.4 Å². The molecule has 1 saturated heterocycles. The number of aromatic amines is 1. The van der Waals surface area contributed by atoms with Crippen LogP contribution < -0.4 is 10.2 Å². The number of anilines is 2. The van der Waals surface area contributed by atoms with E-state index in [1.54, 1.807) is 19.6 Å². The minimum absolute atomic E-state index is 0.0719. The number of nitrogens with one attached hydrogen (secondary N) is 2. The number of ether oxygens (including phenoxy) is 1. The summed E-state index contributed by atoms with van der Waals surface area (Å²) in [6.07, 6.45) is 7.92. The van der Waals surface area contributed by atoms with E-state index in [1.165, 1.54) is 6.33 Å². The van der Waals surface area contributed by atoms with Gasteiger partial charge in [0.2, 0.25) is 0 Å². The van der Waals surface area contributed by atoms with Gasteiger partial charge in [-0.15, -0.1) is 0 Å². The highest BCUT2D eigenvalue weighted by molar-refractivity contribution is 6.34. The molecule has 0 saturated carbocycles. The van der Waals surface area contributed by atoms with Gasteiger partial charge in [0.1, 0.15) is 24.0 Å². The van der Waals surface area contributed by atoms with Gasteiger partial charge >= 0.3 is 0 Å². The molecule has 4 aromatic rings. The van der Waals surface area contributed by atoms with Crippen molar-refractivity contribution in [3.63, 3.8) is 0 Å².